The van der Waals surface area contributed by atoms with Crippen molar-refractivity contribution in [2.75, 3.05) is 7.11 Å². The first-order chi connectivity index (χ1) is 14.6. The van der Waals surface area contributed by atoms with Crippen LogP contribution in [0.5, 0.6) is 0 Å². The highest BCUT2D eigenvalue weighted by molar-refractivity contribution is 7.99. The molecule has 30 heavy (non-hydrogen) atoms. The van der Waals surface area contributed by atoms with Gasteiger partial charge in [-0.15, -0.1) is 0 Å². The Bertz CT molecular complexity index is 1100. The summed E-state index contributed by atoms with van der Waals surface area (Å²) in [5, 5.41) is 0.889. The van der Waals surface area contributed by atoms with Crippen LogP contribution in [-0.2, 0) is 10.3 Å². The fourth-order valence-electron chi connectivity index (χ4n) is 3.46. The number of aryl methyl sites for hydroxylation is 2. The molecule has 4 nitrogen and oxygen atoms in total. The second-order valence-corrected chi connectivity index (χ2v) is 8.08. The molecule has 0 atom stereocenters. The van der Waals surface area contributed by atoms with E-state index in [0.717, 1.165) is 38.4 Å². The van der Waals surface area contributed by atoms with Gasteiger partial charge >= 0.3 is 0 Å². The number of rotatable bonds is 6. The van der Waals surface area contributed by atoms with Crippen LogP contribution in [0.15, 0.2) is 94.9 Å². The predicted octanol–water partition coefficient (Wildman–Crippen LogP) is 5.58. The van der Waals surface area contributed by atoms with Crippen LogP contribution in [0.4, 0.5) is 0 Å². The van der Waals surface area contributed by atoms with E-state index in [2.05, 4.69) is 12.1 Å². The van der Waals surface area contributed by atoms with E-state index in [9.17, 15) is 0 Å². The highest BCUT2D eigenvalue weighted by atomic mass is 32.2. The molecule has 0 bridgehead atoms. The van der Waals surface area contributed by atoms with Gasteiger partial charge in [0, 0.05) is 23.4 Å². The number of benzene rings is 1. The predicted molar refractivity (Wildman–Crippen MR) is 120 cm³/mol. The number of methoxy groups -OCH3 is 1. The second kappa shape index (κ2) is 8.78. The van der Waals surface area contributed by atoms with Crippen molar-refractivity contribution >= 4 is 11.8 Å². The van der Waals surface area contributed by atoms with Crippen LogP contribution in [0.1, 0.15) is 28.5 Å². The van der Waals surface area contributed by atoms with Crippen LogP contribution in [0.25, 0.3) is 0 Å². The number of aromatic nitrogens is 3. The third-order valence-electron chi connectivity index (χ3n) is 4.85. The smallest absolute Gasteiger partial charge is 0.193 e. The zero-order valence-corrected chi connectivity index (χ0v) is 18.1. The number of pyridine rings is 3. The molecule has 0 unspecified atom stereocenters. The van der Waals surface area contributed by atoms with Crippen molar-refractivity contribution in [3.63, 3.8) is 0 Å². The summed E-state index contributed by atoms with van der Waals surface area (Å²) >= 11 is 1.62. The van der Waals surface area contributed by atoms with E-state index in [0.29, 0.717) is 0 Å². The molecule has 0 radical (unpaired) electrons. The molecule has 0 N–H and O–H groups in total. The maximum Gasteiger partial charge on any atom is 0.193 e. The molecule has 5 heteroatoms. The van der Waals surface area contributed by atoms with Crippen LogP contribution >= 0.6 is 11.8 Å². The Morgan fingerprint density at radius 1 is 0.633 bits per heavy atom. The standard InChI is InChI=1S/C25H23N3OS/c1-18-10-7-14-21(26-18)25(29-3,22-15-8-11-19(2)27-22)23-16-9-17-24(28-23)30-20-12-5-4-6-13-20/h4-17H,1-3H3. The molecule has 4 rings (SSSR count). The topological polar surface area (TPSA) is 47.9 Å². The molecule has 1 aromatic carbocycles. The second-order valence-electron chi connectivity index (χ2n) is 6.99. The minimum Gasteiger partial charge on any atom is -0.359 e. The van der Waals surface area contributed by atoms with Gasteiger partial charge in [-0.2, -0.15) is 0 Å². The fourth-order valence-corrected chi connectivity index (χ4v) is 4.29. The van der Waals surface area contributed by atoms with Crippen molar-refractivity contribution in [3.8, 4) is 0 Å². The average molecular weight is 414 g/mol. The van der Waals surface area contributed by atoms with Crippen molar-refractivity contribution in [2.24, 2.45) is 0 Å². The summed E-state index contributed by atoms with van der Waals surface area (Å²) in [6, 6.07) is 28.1. The van der Waals surface area contributed by atoms with Crippen LogP contribution in [0.3, 0.4) is 0 Å². The number of nitrogens with zero attached hydrogens (tertiary/aromatic N) is 3. The Morgan fingerprint density at radius 2 is 1.17 bits per heavy atom. The molecule has 0 amide bonds. The van der Waals surface area contributed by atoms with E-state index >= 15 is 0 Å². The summed E-state index contributed by atoms with van der Waals surface area (Å²) in [7, 11) is 1.69. The molecule has 3 aromatic heterocycles. The molecule has 0 aliphatic rings. The van der Waals surface area contributed by atoms with E-state index in [-0.39, 0.29) is 0 Å². The van der Waals surface area contributed by atoms with Gasteiger partial charge in [-0.1, -0.05) is 48.2 Å². The Hall–Kier alpha value is -3.02. The average Bonchev–Trinajstić information content (AvgIpc) is 2.76. The molecule has 150 valence electrons. The third-order valence-corrected chi connectivity index (χ3v) is 5.80. The molecular formula is C25H23N3OS. The Kier molecular flexibility index (Phi) is 5.93. The van der Waals surface area contributed by atoms with Gasteiger partial charge < -0.3 is 4.74 Å². The molecule has 0 aliphatic heterocycles. The normalized spacial score (nSPS) is 11.4. The van der Waals surface area contributed by atoms with E-state index in [1.165, 1.54) is 0 Å². The SMILES string of the molecule is COC(c1cccc(C)n1)(c1cccc(C)n1)c1cccc(Sc2ccccc2)n1. The Morgan fingerprint density at radius 3 is 1.70 bits per heavy atom. The first-order valence-corrected chi connectivity index (χ1v) is 10.6. The van der Waals surface area contributed by atoms with Gasteiger partial charge in [0.2, 0.25) is 0 Å². The summed E-state index contributed by atoms with van der Waals surface area (Å²) in [5.41, 5.74) is 3.09. The van der Waals surface area contributed by atoms with Crippen LogP contribution in [0.2, 0.25) is 0 Å². The maximum absolute atomic E-state index is 6.21. The fraction of sp³-hybridized carbons (Fsp3) is 0.160. The quantitative estimate of drug-likeness (QED) is 0.413. The lowest BCUT2D eigenvalue weighted by Gasteiger charge is -2.31. The van der Waals surface area contributed by atoms with Crippen molar-refractivity contribution in [3.05, 3.63) is 113 Å². The van der Waals surface area contributed by atoms with E-state index < -0.39 is 5.60 Å². The number of hydrogen-bond acceptors (Lipinski definition) is 5. The Balaban J connectivity index is 1.89. The van der Waals surface area contributed by atoms with Crippen LogP contribution in [0, 0.1) is 13.8 Å². The lowest BCUT2D eigenvalue weighted by Crippen LogP contribution is -2.35. The number of hydrogen-bond donors (Lipinski definition) is 0. The van der Waals surface area contributed by atoms with Crippen molar-refractivity contribution in [2.45, 2.75) is 29.4 Å². The summed E-state index contributed by atoms with van der Waals surface area (Å²) in [6.45, 7) is 3.95. The van der Waals surface area contributed by atoms with Gasteiger partial charge in [0.1, 0.15) is 5.03 Å². The summed E-state index contributed by atoms with van der Waals surface area (Å²) in [6.07, 6.45) is 0. The van der Waals surface area contributed by atoms with Crippen LogP contribution < -0.4 is 0 Å². The minimum atomic E-state index is -1.01. The zero-order valence-electron chi connectivity index (χ0n) is 17.2. The molecule has 0 spiro atoms. The molecule has 0 saturated carbocycles. The first kappa shape index (κ1) is 20.3. The first-order valence-electron chi connectivity index (χ1n) is 9.75. The molecule has 4 aromatic rings. The monoisotopic (exact) mass is 413 g/mol. The van der Waals surface area contributed by atoms with E-state index in [1.807, 2.05) is 86.6 Å². The van der Waals surface area contributed by atoms with Gasteiger partial charge in [0.25, 0.3) is 0 Å². The Labute approximate surface area is 181 Å². The van der Waals surface area contributed by atoms with Gasteiger partial charge in [0.05, 0.1) is 17.1 Å². The minimum absolute atomic E-state index is 0.752. The van der Waals surface area contributed by atoms with Gasteiger partial charge in [-0.3, -0.25) is 9.97 Å². The van der Waals surface area contributed by atoms with Crippen LogP contribution in [-0.4, -0.2) is 22.1 Å². The maximum atomic E-state index is 6.21. The summed E-state index contributed by atoms with van der Waals surface area (Å²) in [5.74, 6) is 0. The highest BCUT2D eigenvalue weighted by Gasteiger charge is 2.41. The molecule has 0 aliphatic carbocycles. The van der Waals surface area contributed by atoms with Gasteiger partial charge in [-0.05, 0) is 62.4 Å². The van der Waals surface area contributed by atoms with Crippen molar-refractivity contribution in [1.29, 1.82) is 0 Å². The van der Waals surface area contributed by atoms with E-state index in [4.69, 9.17) is 19.7 Å². The largest absolute Gasteiger partial charge is 0.359 e. The van der Waals surface area contributed by atoms with Gasteiger partial charge in [-0.25, -0.2) is 4.98 Å². The van der Waals surface area contributed by atoms with Crippen molar-refractivity contribution in [1.82, 2.24) is 15.0 Å². The zero-order chi connectivity index (χ0) is 21.0. The third kappa shape index (κ3) is 3.99. The van der Waals surface area contributed by atoms with E-state index in [1.54, 1.807) is 18.9 Å². The summed E-state index contributed by atoms with van der Waals surface area (Å²) in [4.78, 5) is 15.7. The molecule has 3 heterocycles. The summed E-state index contributed by atoms with van der Waals surface area (Å²) < 4.78 is 6.21. The van der Waals surface area contributed by atoms with Crippen molar-refractivity contribution < 1.29 is 4.74 Å². The highest BCUT2D eigenvalue weighted by Crippen LogP contribution is 2.38. The van der Waals surface area contributed by atoms with Gasteiger partial charge in [0.15, 0.2) is 5.60 Å². The number of ether oxygens (including phenoxy) is 1. The molecular weight excluding hydrogens is 390 g/mol. The lowest BCUT2D eigenvalue weighted by molar-refractivity contribution is 0.0467. The lowest BCUT2D eigenvalue weighted by atomic mass is 9.89. The molecule has 0 saturated heterocycles. The molecule has 0 fully saturated rings.